The Balaban J connectivity index is 2.87. The van der Waals surface area contributed by atoms with E-state index in [1.54, 1.807) is 0 Å². The molecule has 0 fully saturated rings. The van der Waals surface area contributed by atoms with Gasteiger partial charge in [-0.3, -0.25) is 0 Å². The molecule has 0 aromatic carbocycles. The summed E-state index contributed by atoms with van der Waals surface area (Å²) < 4.78 is 23.6. The van der Waals surface area contributed by atoms with Gasteiger partial charge in [0.15, 0.2) is 0 Å². The molecule has 0 aliphatic rings. The lowest BCUT2D eigenvalue weighted by Crippen LogP contribution is -1.89. The molecular formula is C12H23BrF2. The van der Waals surface area contributed by atoms with Crippen LogP contribution in [-0.2, 0) is 0 Å². The Bertz CT molecular complexity index is 118. The van der Waals surface area contributed by atoms with Gasteiger partial charge in [0.05, 0.1) is 0 Å². The van der Waals surface area contributed by atoms with Crippen LogP contribution in [0, 0.1) is 0 Å². The Hall–Kier alpha value is 0.340. The fourth-order valence-electron chi connectivity index (χ4n) is 1.63. The summed E-state index contributed by atoms with van der Waals surface area (Å²) >= 11 is 3.41. The standard InChI is InChI=1S/C12H23BrF2/c13-11-9-7-5-3-1-2-4-6-8-10-12(14)15/h12H,1-11H2. The molecule has 0 saturated heterocycles. The van der Waals surface area contributed by atoms with Crippen molar-refractivity contribution >= 4 is 15.9 Å². The first-order valence-electron chi connectivity index (χ1n) is 6.11. The minimum absolute atomic E-state index is 0.0885. The molecule has 0 nitrogen and oxygen atoms in total. The van der Waals surface area contributed by atoms with E-state index in [-0.39, 0.29) is 6.42 Å². The van der Waals surface area contributed by atoms with Gasteiger partial charge >= 0.3 is 0 Å². The van der Waals surface area contributed by atoms with Crippen LogP contribution in [0.3, 0.4) is 0 Å². The number of halogens is 3. The van der Waals surface area contributed by atoms with Crippen molar-refractivity contribution in [2.45, 2.75) is 70.6 Å². The highest BCUT2D eigenvalue weighted by atomic mass is 79.9. The maximum absolute atomic E-state index is 11.8. The normalized spacial score (nSPS) is 11.2. The first-order chi connectivity index (χ1) is 7.27. The lowest BCUT2D eigenvalue weighted by atomic mass is 10.1. The SMILES string of the molecule is FC(F)CCCCCCCCCCCBr. The predicted octanol–water partition coefficient (Wildman–Crippen LogP) is 5.55. The van der Waals surface area contributed by atoms with E-state index in [1.807, 2.05) is 0 Å². The van der Waals surface area contributed by atoms with Gasteiger partial charge in [0.25, 0.3) is 0 Å². The van der Waals surface area contributed by atoms with Gasteiger partial charge < -0.3 is 0 Å². The predicted molar refractivity (Wildman–Crippen MR) is 66.0 cm³/mol. The molecule has 0 amide bonds. The van der Waals surface area contributed by atoms with E-state index in [0.29, 0.717) is 6.42 Å². The molecule has 15 heavy (non-hydrogen) atoms. The smallest absolute Gasteiger partial charge is 0.211 e. The molecule has 0 aromatic heterocycles. The molecule has 0 radical (unpaired) electrons. The monoisotopic (exact) mass is 284 g/mol. The zero-order valence-electron chi connectivity index (χ0n) is 9.49. The molecule has 0 heterocycles. The van der Waals surface area contributed by atoms with Gasteiger partial charge in [-0.05, 0) is 12.8 Å². The molecule has 3 heteroatoms. The molecule has 0 spiro atoms. The van der Waals surface area contributed by atoms with Crippen molar-refractivity contribution in [1.29, 1.82) is 0 Å². The van der Waals surface area contributed by atoms with E-state index in [9.17, 15) is 8.78 Å². The Morgan fingerprint density at radius 2 is 1.07 bits per heavy atom. The number of rotatable bonds is 11. The Kier molecular flexibility index (Phi) is 12.7. The highest BCUT2D eigenvalue weighted by molar-refractivity contribution is 9.09. The van der Waals surface area contributed by atoms with E-state index in [0.717, 1.165) is 18.2 Å². The summed E-state index contributed by atoms with van der Waals surface area (Å²) in [5.41, 5.74) is 0. The molecule has 0 aliphatic heterocycles. The molecule has 0 saturated carbocycles. The first kappa shape index (κ1) is 15.3. The van der Waals surface area contributed by atoms with Crippen LogP contribution in [0.25, 0.3) is 0 Å². The summed E-state index contributed by atoms with van der Waals surface area (Å²) in [5, 5.41) is 1.11. The van der Waals surface area contributed by atoms with Crippen LogP contribution >= 0.6 is 15.9 Å². The summed E-state index contributed by atoms with van der Waals surface area (Å²) in [6.07, 6.45) is 8.50. The van der Waals surface area contributed by atoms with Crippen LogP contribution in [0.5, 0.6) is 0 Å². The zero-order valence-corrected chi connectivity index (χ0v) is 11.1. The van der Waals surface area contributed by atoms with Crippen LogP contribution < -0.4 is 0 Å². The van der Waals surface area contributed by atoms with Crippen LogP contribution in [-0.4, -0.2) is 11.8 Å². The third kappa shape index (κ3) is 14.3. The fourth-order valence-corrected chi connectivity index (χ4v) is 2.03. The minimum atomic E-state index is -2.10. The molecule has 0 bridgehead atoms. The van der Waals surface area contributed by atoms with Crippen LogP contribution in [0.15, 0.2) is 0 Å². The first-order valence-corrected chi connectivity index (χ1v) is 7.23. The van der Waals surface area contributed by atoms with E-state index in [4.69, 9.17) is 0 Å². The van der Waals surface area contributed by atoms with Gasteiger partial charge in [-0.1, -0.05) is 60.9 Å². The Labute approximate surface area is 101 Å². The molecule has 0 aromatic rings. The van der Waals surface area contributed by atoms with Gasteiger partial charge in [-0.15, -0.1) is 0 Å². The molecule has 0 atom stereocenters. The fraction of sp³-hybridized carbons (Fsp3) is 1.00. The summed E-state index contributed by atoms with van der Waals surface area (Å²) in [6, 6.07) is 0. The van der Waals surface area contributed by atoms with Crippen LogP contribution in [0.4, 0.5) is 8.78 Å². The molecule has 92 valence electrons. The minimum Gasteiger partial charge on any atom is -0.211 e. The molecule has 0 unspecified atom stereocenters. The number of alkyl halides is 3. The molecule has 0 aliphatic carbocycles. The zero-order chi connectivity index (χ0) is 11.4. The largest absolute Gasteiger partial charge is 0.238 e. The van der Waals surface area contributed by atoms with Crippen molar-refractivity contribution < 1.29 is 8.78 Å². The number of unbranched alkanes of at least 4 members (excludes halogenated alkanes) is 8. The molecular weight excluding hydrogens is 262 g/mol. The van der Waals surface area contributed by atoms with Crippen molar-refractivity contribution in [2.24, 2.45) is 0 Å². The lowest BCUT2D eigenvalue weighted by molar-refractivity contribution is 0.133. The summed E-state index contributed by atoms with van der Waals surface area (Å²) in [6.45, 7) is 0. The van der Waals surface area contributed by atoms with Crippen molar-refractivity contribution in [3.8, 4) is 0 Å². The Morgan fingerprint density at radius 3 is 1.47 bits per heavy atom. The van der Waals surface area contributed by atoms with Crippen LogP contribution in [0.1, 0.15) is 64.2 Å². The maximum atomic E-state index is 11.8. The quantitative estimate of drug-likeness (QED) is 0.345. The van der Waals surface area contributed by atoms with Gasteiger partial charge in [0.1, 0.15) is 0 Å². The number of hydrogen-bond donors (Lipinski definition) is 0. The molecule has 0 N–H and O–H groups in total. The lowest BCUT2D eigenvalue weighted by Gasteiger charge is -2.01. The third-order valence-electron chi connectivity index (χ3n) is 2.56. The van der Waals surface area contributed by atoms with Gasteiger partial charge in [0, 0.05) is 11.8 Å². The number of hydrogen-bond acceptors (Lipinski definition) is 0. The second-order valence-corrected chi connectivity index (χ2v) is 4.84. The summed E-state index contributed by atoms with van der Waals surface area (Å²) in [7, 11) is 0. The van der Waals surface area contributed by atoms with Crippen molar-refractivity contribution in [2.75, 3.05) is 5.33 Å². The summed E-state index contributed by atoms with van der Waals surface area (Å²) in [4.78, 5) is 0. The summed E-state index contributed by atoms with van der Waals surface area (Å²) in [5.74, 6) is 0. The average molecular weight is 285 g/mol. The molecule has 0 rings (SSSR count). The van der Waals surface area contributed by atoms with Crippen molar-refractivity contribution in [3.63, 3.8) is 0 Å². The van der Waals surface area contributed by atoms with Crippen LogP contribution in [0.2, 0.25) is 0 Å². The van der Waals surface area contributed by atoms with Gasteiger partial charge in [-0.2, -0.15) is 0 Å². The third-order valence-corrected chi connectivity index (χ3v) is 3.12. The van der Waals surface area contributed by atoms with Gasteiger partial charge in [-0.25, -0.2) is 8.78 Å². The van der Waals surface area contributed by atoms with Crippen molar-refractivity contribution in [3.05, 3.63) is 0 Å². The van der Waals surface area contributed by atoms with E-state index in [2.05, 4.69) is 15.9 Å². The highest BCUT2D eigenvalue weighted by Crippen LogP contribution is 2.12. The second kappa shape index (κ2) is 12.4. The van der Waals surface area contributed by atoms with E-state index in [1.165, 1.54) is 38.5 Å². The van der Waals surface area contributed by atoms with Gasteiger partial charge in [0.2, 0.25) is 6.43 Å². The second-order valence-electron chi connectivity index (χ2n) is 4.05. The topological polar surface area (TPSA) is 0 Å². The average Bonchev–Trinajstić information content (AvgIpc) is 2.20. The van der Waals surface area contributed by atoms with E-state index >= 15 is 0 Å². The maximum Gasteiger partial charge on any atom is 0.238 e. The highest BCUT2D eigenvalue weighted by Gasteiger charge is 2.00. The van der Waals surface area contributed by atoms with E-state index < -0.39 is 6.43 Å². The Morgan fingerprint density at radius 1 is 0.667 bits per heavy atom. The van der Waals surface area contributed by atoms with Crippen molar-refractivity contribution in [1.82, 2.24) is 0 Å².